The van der Waals surface area contributed by atoms with Crippen LogP contribution < -0.4 is 0 Å². The molecule has 0 saturated heterocycles. The lowest BCUT2D eigenvalue weighted by Crippen LogP contribution is -2.01. The Hall–Kier alpha value is -8.78. The minimum atomic E-state index is 0.596. The van der Waals surface area contributed by atoms with Gasteiger partial charge in [-0.3, -0.25) is 0 Å². The van der Waals surface area contributed by atoms with E-state index in [9.17, 15) is 5.26 Å². The Balaban J connectivity index is 0.941. The van der Waals surface area contributed by atoms with Crippen LogP contribution in [0.2, 0.25) is 0 Å². The normalized spacial score (nSPS) is 11.4. The zero-order chi connectivity index (χ0) is 42.6. The molecule has 0 aliphatic heterocycles. The highest BCUT2D eigenvalue weighted by molar-refractivity contribution is 6.19. The van der Waals surface area contributed by atoms with E-state index >= 15 is 0 Å². The summed E-state index contributed by atoms with van der Waals surface area (Å²) < 4.78 is 0. The summed E-state index contributed by atoms with van der Waals surface area (Å²) in [5.41, 5.74) is 16.8. The average molecular weight is 813 g/mol. The van der Waals surface area contributed by atoms with Crippen molar-refractivity contribution in [2.45, 2.75) is 0 Å². The molecule has 64 heavy (non-hydrogen) atoms. The Bertz CT molecular complexity index is 3680. The highest BCUT2D eigenvalue weighted by Crippen LogP contribution is 2.51. The highest BCUT2D eigenvalue weighted by atomic mass is 15.0. The minimum absolute atomic E-state index is 0.596. The van der Waals surface area contributed by atoms with Gasteiger partial charge in [-0.15, -0.1) is 0 Å². The van der Waals surface area contributed by atoms with Crippen molar-refractivity contribution >= 4 is 21.5 Å². The van der Waals surface area contributed by atoms with E-state index in [1.54, 1.807) is 0 Å². The second kappa shape index (κ2) is 15.3. The molecule has 4 heteroatoms. The van der Waals surface area contributed by atoms with E-state index in [2.05, 4.69) is 170 Å². The Morgan fingerprint density at radius 3 is 1.61 bits per heavy atom. The lowest BCUT2D eigenvalue weighted by atomic mass is 9.87. The molecule has 1 aromatic heterocycles. The number of rotatable bonds is 7. The fourth-order valence-electron chi connectivity index (χ4n) is 9.53. The van der Waals surface area contributed by atoms with E-state index in [1.807, 2.05) is 54.6 Å². The molecule has 0 bridgehead atoms. The average Bonchev–Trinajstić information content (AvgIpc) is 3.71. The van der Waals surface area contributed by atoms with Gasteiger partial charge in [-0.1, -0.05) is 200 Å². The van der Waals surface area contributed by atoms with Gasteiger partial charge in [-0.2, -0.15) is 5.26 Å². The molecule has 296 valence electrons. The molecule has 1 heterocycles. The molecule has 0 fully saturated rings. The van der Waals surface area contributed by atoms with Crippen molar-refractivity contribution in [1.82, 2.24) is 15.0 Å². The maximum atomic E-state index is 10.5. The van der Waals surface area contributed by atoms with Gasteiger partial charge in [0, 0.05) is 22.3 Å². The number of fused-ring (bicyclic) bond motifs is 4. The number of hydrogen-bond donors (Lipinski definition) is 0. The smallest absolute Gasteiger partial charge is 0.164 e. The van der Waals surface area contributed by atoms with Crippen molar-refractivity contribution in [2.24, 2.45) is 0 Å². The predicted molar refractivity (Wildman–Crippen MR) is 262 cm³/mol. The van der Waals surface area contributed by atoms with Gasteiger partial charge >= 0.3 is 0 Å². The molecular weight excluding hydrogens is 777 g/mol. The first kappa shape index (κ1) is 37.0. The van der Waals surface area contributed by atoms with Crippen LogP contribution in [0, 0.1) is 11.3 Å². The van der Waals surface area contributed by atoms with E-state index in [0.29, 0.717) is 23.0 Å². The van der Waals surface area contributed by atoms with E-state index in [4.69, 9.17) is 15.0 Å². The molecule has 0 N–H and O–H groups in total. The SMILES string of the molecule is N#Cc1cccc(-c2cccc(-c3ccc4cccc5c4c3-c3ccccc3-5)c2)c1-c1ccc(-c2ccccc2-c2nc(-c3ccccc3)nc(-c3ccc4ccccc4c3)n2)cc1. The largest absolute Gasteiger partial charge is 0.208 e. The topological polar surface area (TPSA) is 62.5 Å². The van der Waals surface area contributed by atoms with E-state index in [0.717, 1.165) is 66.4 Å². The van der Waals surface area contributed by atoms with Crippen molar-refractivity contribution in [1.29, 1.82) is 5.26 Å². The fraction of sp³-hybridized carbons (Fsp3) is 0. The summed E-state index contributed by atoms with van der Waals surface area (Å²) in [5, 5.41) is 15.4. The fourth-order valence-corrected chi connectivity index (χ4v) is 9.53. The Morgan fingerprint density at radius 2 is 0.812 bits per heavy atom. The van der Waals surface area contributed by atoms with Crippen LogP contribution >= 0.6 is 0 Å². The van der Waals surface area contributed by atoms with Crippen LogP contribution in [0.3, 0.4) is 0 Å². The quantitative estimate of drug-likeness (QED) is 0.161. The zero-order valence-electron chi connectivity index (χ0n) is 34.6. The van der Waals surface area contributed by atoms with Crippen LogP contribution in [0.5, 0.6) is 0 Å². The molecule has 0 spiro atoms. The van der Waals surface area contributed by atoms with Gasteiger partial charge in [0.1, 0.15) is 0 Å². The van der Waals surface area contributed by atoms with Crippen LogP contribution in [-0.2, 0) is 0 Å². The van der Waals surface area contributed by atoms with Gasteiger partial charge in [0.05, 0.1) is 11.6 Å². The molecule has 4 nitrogen and oxygen atoms in total. The minimum Gasteiger partial charge on any atom is -0.208 e. The maximum absolute atomic E-state index is 10.5. The van der Waals surface area contributed by atoms with Gasteiger partial charge in [0.25, 0.3) is 0 Å². The van der Waals surface area contributed by atoms with E-state index < -0.39 is 0 Å². The summed E-state index contributed by atoms with van der Waals surface area (Å²) in [6.07, 6.45) is 0. The highest BCUT2D eigenvalue weighted by Gasteiger charge is 2.25. The summed E-state index contributed by atoms with van der Waals surface area (Å²) in [4.78, 5) is 15.2. The number of nitriles is 1. The molecular formula is C60H36N4. The van der Waals surface area contributed by atoms with Gasteiger partial charge in [-0.05, 0) is 101 Å². The van der Waals surface area contributed by atoms with Crippen LogP contribution in [0.25, 0.3) is 122 Å². The second-order valence-corrected chi connectivity index (χ2v) is 16.2. The maximum Gasteiger partial charge on any atom is 0.164 e. The monoisotopic (exact) mass is 812 g/mol. The molecule has 0 radical (unpaired) electrons. The van der Waals surface area contributed by atoms with Gasteiger partial charge in [0.15, 0.2) is 17.5 Å². The summed E-state index contributed by atoms with van der Waals surface area (Å²) in [6, 6.07) is 78.6. The number of hydrogen-bond acceptors (Lipinski definition) is 4. The van der Waals surface area contributed by atoms with Gasteiger partial charge in [-0.25, -0.2) is 15.0 Å². The van der Waals surface area contributed by atoms with Gasteiger partial charge < -0.3 is 0 Å². The third kappa shape index (κ3) is 6.26. The molecule has 0 saturated carbocycles. The van der Waals surface area contributed by atoms with Crippen LogP contribution in [0.4, 0.5) is 0 Å². The summed E-state index contributed by atoms with van der Waals surface area (Å²) in [6.45, 7) is 0. The third-order valence-electron chi connectivity index (χ3n) is 12.5. The molecule has 12 rings (SSSR count). The molecule has 1 aliphatic carbocycles. The van der Waals surface area contributed by atoms with Crippen LogP contribution in [0.1, 0.15) is 5.56 Å². The Labute approximate surface area is 371 Å². The number of nitrogens with zero attached hydrogens (tertiary/aromatic N) is 4. The third-order valence-corrected chi connectivity index (χ3v) is 12.5. The van der Waals surface area contributed by atoms with Crippen LogP contribution in [0.15, 0.2) is 218 Å². The molecule has 10 aromatic carbocycles. The van der Waals surface area contributed by atoms with E-state index in [-0.39, 0.29) is 0 Å². The second-order valence-electron chi connectivity index (χ2n) is 16.2. The zero-order valence-corrected chi connectivity index (χ0v) is 34.6. The van der Waals surface area contributed by atoms with E-state index in [1.165, 1.54) is 38.6 Å². The molecule has 1 aliphatic rings. The predicted octanol–water partition coefficient (Wildman–Crippen LogP) is 15.4. The van der Waals surface area contributed by atoms with Crippen LogP contribution in [-0.4, -0.2) is 15.0 Å². The summed E-state index contributed by atoms with van der Waals surface area (Å²) >= 11 is 0. The summed E-state index contributed by atoms with van der Waals surface area (Å²) in [7, 11) is 0. The lowest BCUT2D eigenvalue weighted by Gasteiger charge is -2.16. The van der Waals surface area contributed by atoms with Gasteiger partial charge in [0.2, 0.25) is 0 Å². The van der Waals surface area contributed by atoms with Crippen molar-refractivity contribution in [2.75, 3.05) is 0 Å². The molecule has 11 aromatic rings. The van der Waals surface area contributed by atoms with Crippen molar-refractivity contribution in [3.05, 3.63) is 224 Å². The molecule has 0 amide bonds. The molecule has 0 unspecified atom stereocenters. The Morgan fingerprint density at radius 1 is 0.281 bits per heavy atom. The van der Waals surface area contributed by atoms with Crippen molar-refractivity contribution < 1.29 is 0 Å². The standard InChI is InChI=1S/C60H36N4/c61-37-47-20-12-25-49(44-18-10-19-45(36-44)50-34-33-40-17-11-26-52-51-22-7-8-23-53(51)57(50)56(40)52)55(47)41-30-28-39(29-31-41)48-21-6-9-24-54(48)60-63-58(42-14-2-1-3-15-42)62-59(64-60)46-32-27-38-13-4-5-16-43(38)35-46/h1-36H. The molecule has 0 atom stereocenters. The first-order valence-electron chi connectivity index (χ1n) is 21.5. The van der Waals surface area contributed by atoms with Crippen molar-refractivity contribution in [3.63, 3.8) is 0 Å². The lowest BCUT2D eigenvalue weighted by molar-refractivity contribution is 1.07. The summed E-state index contributed by atoms with van der Waals surface area (Å²) in [5.74, 6) is 1.82. The number of benzene rings is 10. The van der Waals surface area contributed by atoms with Crippen molar-refractivity contribution in [3.8, 4) is 107 Å². The first-order valence-corrected chi connectivity index (χ1v) is 21.5. The Kier molecular flexibility index (Phi) is 8.84. The first-order chi connectivity index (χ1) is 31.7. The number of aromatic nitrogens is 3.